The molecule has 0 aromatic carbocycles. The van der Waals surface area contributed by atoms with Crippen molar-refractivity contribution < 1.29 is 14.3 Å². The van der Waals surface area contributed by atoms with E-state index >= 15 is 0 Å². The molecule has 2 amide bonds. The van der Waals surface area contributed by atoms with Crippen LogP contribution in [0.25, 0.3) is 16.9 Å². The third kappa shape index (κ3) is 5.38. The van der Waals surface area contributed by atoms with Crippen molar-refractivity contribution in [2.75, 3.05) is 29.9 Å². The number of amides is 2. The largest absolute Gasteiger partial charge is 0.444 e. The van der Waals surface area contributed by atoms with E-state index in [4.69, 9.17) is 16.3 Å². The van der Waals surface area contributed by atoms with Crippen LogP contribution < -0.4 is 10.2 Å². The number of halogens is 1. The quantitative estimate of drug-likeness (QED) is 0.547. The maximum atomic E-state index is 12.7. The summed E-state index contributed by atoms with van der Waals surface area (Å²) in [6.07, 6.45) is 4.59. The number of piperazine rings is 1. The molecule has 3 aromatic rings. The number of hydrogen-bond donors (Lipinski definition) is 1. The van der Waals surface area contributed by atoms with Gasteiger partial charge in [0.2, 0.25) is 5.91 Å². The first kappa shape index (κ1) is 25.7. The molecule has 4 rings (SSSR count). The second kappa shape index (κ2) is 9.93. The van der Waals surface area contributed by atoms with Gasteiger partial charge >= 0.3 is 6.09 Å². The zero-order chi connectivity index (χ0) is 26.2. The normalized spacial score (nSPS) is 16.5. The Kier molecular flexibility index (Phi) is 7.08. The van der Waals surface area contributed by atoms with Gasteiger partial charge in [-0.3, -0.25) is 9.36 Å². The fraction of sp³-hybridized carbons (Fsp3) is 0.480. The minimum atomic E-state index is -0.558. The summed E-state index contributed by atoms with van der Waals surface area (Å²) >= 11 is 6.22. The highest BCUT2D eigenvalue weighted by molar-refractivity contribution is 6.30. The van der Waals surface area contributed by atoms with Crippen molar-refractivity contribution in [3.05, 3.63) is 35.9 Å². The summed E-state index contributed by atoms with van der Waals surface area (Å²) in [5, 5.41) is 4.26. The molecule has 1 atom stereocenters. The Balaban J connectivity index is 1.74. The lowest BCUT2D eigenvalue weighted by Crippen LogP contribution is -2.54. The molecule has 11 heteroatoms. The van der Waals surface area contributed by atoms with Gasteiger partial charge in [-0.05, 0) is 33.8 Å². The van der Waals surface area contributed by atoms with Crippen LogP contribution >= 0.6 is 11.6 Å². The summed E-state index contributed by atoms with van der Waals surface area (Å²) in [7, 11) is 0. The van der Waals surface area contributed by atoms with E-state index in [1.54, 1.807) is 34.0 Å². The molecule has 192 valence electrons. The van der Waals surface area contributed by atoms with Crippen molar-refractivity contribution >= 4 is 46.1 Å². The molecule has 0 saturated carbocycles. The van der Waals surface area contributed by atoms with Crippen LogP contribution in [0.4, 0.5) is 16.3 Å². The number of nitrogens with zero attached hydrogens (tertiary/aromatic N) is 6. The average molecular weight is 514 g/mol. The number of aromatic nitrogens is 4. The van der Waals surface area contributed by atoms with Crippen LogP contribution in [-0.2, 0) is 9.53 Å². The predicted octanol–water partition coefficient (Wildman–Crippen LogP) is 4.51. The van der Waals surface area contributed by atoms with Gasteiger partial charge in [-0.25, -0.2) is 19.7 Å². The summed E-state index contributed by atoms with van der Waals surface area (Å²) in [4.78, 5) is 42.7. The van der Waals surface area contributed by atoms with Gasteiger partial charge in [0.25, 0.3) is 0 Å². The number of carbonyl (C=O) groups is 2. The van der Waals surface area contributed by atoms with Crippen LogP contribution in [-0.4, -0.2) is 67.7 Å². The molecule has 1 aliphatic rings. The van der Waals surface area contributed by atoms with E-state index in [0.29, 0.717) is 53.0 Å². The van der Waals surface area contributed by atoms with E-state index in [1.165, 1.54) is 6.33 Å². The van der Waals surface area contributed by atoms with Crippen molar-refractivity contribution in [1.82, 2.24) is 24.4 Å². The van der Waals surface area contributed by atoms with Gasteiger partial charge in [-0.2, -0.15) is 0 Å². The summed E-state index contributed by atoms with van der Waals surface area (Å²) in [6.45, 7) is 12.8. The molecule has 0 unspecified atom stereocenters. The molecule has 0 aliphatic carbocycles. The molecule has 1 fully saturated rings. The topological polar surface area (TPSA) is 105 Å². The third-order valence-corrected chi connectivity index (χ3v) is 6.09. The lowest BCUT2D eigenvalue weighted by molar-refractivity contribution is -0.118. The number of rotatable bonds is 4. The van der Waals surface area contributed by atoms with Crippen LogP contribution in [0.1, 0.15) is 41.5 Å². The summed E-state index contributed by atoms with van der Waals surface area (Å²) in [5.74, 6) is 0.920. The maximum absolute atomic E-state index is 12.7. The lowest BCUT2D eigenvalue weighted by atomic mass is 10.1. The summed E-state index contributed by atoms with van der Waals surface area (Å²) < 4.78 is 7.35. The Bertz CT molecular complexity index is 1280. The molecule has 36 heavy (non-hydrogen) atoms. The molecule has 4 heterocycles. The van der Waals surface area contributed by atoms with E-state index in [2.05, 4.69) is 25.2 Å². The van der Waals surface area contributed by atoms with Gasteiger partial charge in [0.05, 0.1) is 11.1 Å². The lowest BCUT2D eigenvalue weighted by Gasteiger charge is -2.41. The third-order valence-electron chi connectivity index (χ3n) is 5.85. The molecule has 1 aliphatic heterocycles. The second-order valence-corrected chi connectivity index (χ2v) is 10.7. The Hall–Kier alpha value is -3.40. The van der Waals surface area contributed by atoms with Crippen LogP contribution in [0.2, 0.25) is 5.02 Å². The van der Waals surface area contributed by atoms with Crippen molar-refractivity contribution in [2.45, 2.75) is 53.2 Å². The van der Waals surface area contributed by atoms with E-state index < -0.39 is 5.60 Å². The first-order valence-corrected chi connectivity index (χ1v) is 12.4. The number of carbonyl (C=O) groups excluding carboxylic acids is 2. The monoisotopic (exact) mass is 513 g/mol. The van der Waals surface area contributed by atoms with Gasteiger partial charge in [0.1, 0.15) is 23.6 Å². The molecule has 0 bridgehead atoms. The smallest absolute Gasteiger partial charge is 0.410 e. The highest BCUT2D eigenvalue weighted by atomic mass is 35.5. The fourth-order valence-electron chi connectivity index (χ4n) is 4.10. The van der Waals surface area contributed by atoms with Crippen LogP contribution in [0.5, 0.6) is 0 Å². The summed E-state index contributed by atoms with van der Waals surface area (Å²) in [5.41, 5.74) is 0.621. The molecule has 0 radical (unpaired) electrons. The minimum absolute atomic E-state index is 0.0503. The SMILES string of the molecule is CC(C)C(=O)Nc1cn(-c2cc(Cl)ccn2)c2ncnc(N3CCN(C(=O)OC(C)(C)C)C[C@@H]3C)c12. The number of ether oxygens (including phenoxy) is 1. The van der Waals surface area contributed by atoms with Gasteiger partial charge in [0.15, 0.2) is 5.65 Å². The molecule has 1 N–H and O–H groups in total. The van der Waals surface area contributed by atoms with E-state index in [-0.39, 0.29) is 24.0 Å². The Morgan fingerprint density at radius 2 is 1.94 bits per heavy atom. The Labute approximate surface area is 215 Å². The van der Waals surface area contributed by atoms with Crippen LogP contribution in [0, 0.1) is 5.92 Å². The average Bonchev–Trinajstić information content (AvgIpc) is 3.16. The van der Waals surface area contributed by atoms with Crippen LogP contribution in [0.3, 0.4) is 0 Å². The van der Waals surface area contributed by atoms with Crippen molar-refractivity contribution in [3.63, 3.8) is 0 Å². The molecular formula is C25H32ClN7O3. The van der Waals surface area contributed by atoms with Crippen molar-refractivity contribution in [3.8, 4) is 5.82 Å². The first-order valence-electron chi connectivity index (χ1n) is 12.0. The number of anilines is 2. The predicted molar refractivity (Wildman–Crippen MR) is 140 cm³/mol. The molecule has 0 spiro atoms. The molecule has 1 saturated heterocycles. The van der Waals surface area contributed by atoms with Gasteiger partial charge < -0.3 is 19.9 Å². The van der Waals surface area contributed by atoms with E-state index in [1.807, 2.05) is 41.5 Å². The van der Waals surface area contributed by atoms with Gasteiger partial charge in [-0.15, -0.1) is 0 Å². The second-order valence-electron chi connectivity index (χ2n) is 10.3. The number of nitrogens with one attached hydrogen (secondary N) is 1. The van der Waals surface area contributed by atoms with E-state index in [9.17, 15) is 9.59 Å². The minimum Gasteiger partial charge on any atom is -0.444 e. The zero-order valence-corrected chi connectivity index (χ0v) is 22.2. The number of pyridine rings is 1. The maximum Gasteiger partial charge on any atom is 0.410 e. The zero-order valence-electron chi connectivity index (χ0n) is 21.4. The first-order chi connectivity index (χ1) is 16.9. The van der Waals surface area contributed by atoms with E-state index in [0.717, 1.165) is 0 Å². The van der Waals surface area contributed by atoms with Gasteiger partial charge in [-0.1, -0.05) is 25.4 Å². The highest BCUT2D eigenvalue weighted by Crippen LogP contribution is 2.35. The van der Waals surface area contributed by atoms with Crippen LogP contribution in [0.15, 0.2) is 30.9 Å². The molecule has 3 aromatic heterocycles. The number of hydrogen-bond acceptors (Lipinski definition) is 7. The number of fused-ring (bicyclic) bond motifs is 1. The molecular weight excluding hydrogens is 482 g/mol. The standard InChI is InChI=1S/C25H32ClN7O3/c1-15(2)23(34)30-18-13-33(19-11-17(26)7-8-27-19)22-20(18)21(28-14-29-22)32-10-9-31(12-16(32)3)24(35)36-25(4,5)6/h7-8,11,13-16H,9-10,12H2,1-6H3,(H,30,34)/t16-/m0/s1. The Morgan fingerprint density at radius 3 is 2.58 bits per heavy atom. The van der Waals surface area contributed by atoms with Gasteiger partial charge in [0, 0.05) is 55.1 Å². The molecule has 10 nitrogen and oxygen atoms in total. The highest BCUT2D eigenvalue weighted by Gasteiger charge is 2.32. The fourth-order valence-corrected chi connectivity index (χ4v) is 4.25. The van der Waals surface area contributed by atoms with Crippen molar-refractivity contribution in [1.29, 1.82) is 0 Å². The van der Waals surface area contributed by atoms with Crippen molar-refractivity contribution in [2.24, 2.45) is 5.92 Å². The Morgan fingerprint density at radius 1 is 1.19 bits per heavy atom. The summed E-state index contributed by atoms with van der Waals surface area (Å²) in [6, 6.07) is 3.38.